The molecule has 1 aromatic carbocycles. The van der Waals surface area contributed by atoms with Crippen molar-refractivity contribution < 1.29 is 23.9 Å². The lowest BCUT2D eigenvalue weighted by atomic mass is 9.78. The van der Waals surface area contributed by atoms with Crippen LogP contribution in [-0.2, 0) is 19.1 Å². The molecule has 178 valence electrons. The van der Waals surface area contributed by atoms with Crippen molar-refractivity contribution in [2.45, 2.75) is 45.7 Å². The standard InChI is InChI=1S/C23H28BrN3O5S/c1-12(2)27(13(3)4)18(28)11-33-22-15(10-25)19(20(21(29)26-22)23(30)32-6)14-7-8-17(31-5)16(24)9-14/h7-9,12-13,19-20H,11H2,1-6H3,(H,26,29)/t19-,20-/m1/s1. The van der Waals surface area contributed by atoms with Gasteiger partial charge in [0, 0.05) is 18.0 Å². The van der Waals surface area contributed by atoms with E-state index in [2.05, 4.69) is 27.3 Å². The summed E-state index contributed by atoms with van der Waals surface area (Å²) < 4.78 is 10.7. The van der Waals surface area contributed by atoms with Crippen LogP contribution in [0.25, 0.3) is 0 Å². The molecule has 2 atom stereocenters. The minimum Gasteiger partial charge on any atom is -0.496 e. The van der Waals surface area contributed by atoms with E-state index >= 15 is 0 Å². The summed E-state index contributed by atoms with van der Waals surface area (Å²) in [5.41, 5.74) is 0.764. The van der Waals surface area contributed by atoms with Crippen molar-refractivity contribution in [3.8, 4) is 11.8 Å². The molecule has 0 aromatic heterocycles. The molecule has 0 spiro atoms. The number of rotatable bonds is 8. The van der Waals surface area contributed by atoms with Crippen LogP contribution in [0.3, 0.4) is 0 Å². The number of amides is 2. The van der Waals surface area contributed by atoms with Gasteiger partial charge >= 0.3 is 5.97 Å². The van der Waals surface area contributed by atoms with Crippen LogP contribution < -0.4 is 10.1 Å². The lowest BCUT2D eigenvalue weighted by molar-refractivity contribution is -0.150. The van der Waals surface area contributed by atoms with E-state index in [1.807, 2.05) is 27.7 Å². The van der Waals surface area contributed by atoms with Crippen molar-refractivity contribution in [1.82, 2.24) is 10.2 Å². The van der Waals surface area contributed by atoms with Crippen LogP contribution in [0.5, 0.6) is 5.75 Å². The highest BCUT2D eigenvalue weighted by Gasteiger charge is 2.44. The normalized spacial score (nSPS) is 18.1. The maximum atomic E-state index is 13.0. The van der Waals surface area contributed by atoms with Gasteiger partial charge < -0.3 is 19.7 Å². The lowest BCUT2D eigenvalue weighted by Crippen LogP contribution is -2.45. The van der Waals surface area contributed by atoms with Crippen molar-refractivity contribution in [1.29, 1.82) is 5.26 Å². The molecular weight excluding hydrogens is 510 g/mol. The maximum Gasteiger partial charge on any atom is 0.319 e. The average molecular weight is 538 g/mol. The Labute approximate surface area is 206 Å². The SMILES string of the molecule is COC(=O)[C@H]1C(=O)NC(SCC(=O)N(C(C)C)C(C)C)=C(C#N)[C@H]1c1ccc(OC)c(Br)c1. The topological polar surface area (TPSA) is 109 Å². The van der Waals surface area contributed by atoms with Crippen molar-refractivity contribution in [3.05, 3.63) is 38.8 Å². The molecule has 1 N–H and O–H groups in total. The molecule has 0 saturated heterocycles. The number of esters is 1. The quantitative estimate of drug-likeness (QED) is 0.398. The van der Waals surface area contributed by atoms with Gasteiger partial charge in [0.25, 0.3) is 0 Å². The summed E-state index contributed by atoms with van der Waals surface area (Å²) in [7, 11) is 2.72. The van der Waals surface area contributed by atoms with Crippen LogP contribution >= 0.6 is 27.7 Å². The van der Waals surface area contributed by atoms with E-state index in [9.17, 15) is 19.6 Å². The Hall–Kier alpha value is -2.51. The van der Waals surface area contributed by atoms with E-state index in [0.29, 0.717) is 15.8 Å². The Kier molecular flexibility index (Phi) is 9.37. The number of halogens is 1. The summed E-state index contributed by atoms with van der Waals surface area (Å²) in [6, 6.07) is 7.27. The van der Waals surface area contributed by atoms with Gasteiger partial charge in [-0.25, -0.2) is 0 Å². The third kappa shape index (κ3) is 5.89. The molecule has 0 radical (unpaired) electrons. The number of nitriles is 1. The zero-order chi connectivity index (χ0) is 24.9. The molecule has 33 heavy (non-hydrogen) atoms. The minimum absolute atomic E-state index is 0.0107. The van der Waals surface area contributed by atoms with Crippen LogP contribution in [0.4, 0.5) is 0 Å². The van der Waals surface area contributed by atoms with Crippen LogP contribution in [0.15, 0.2) is 33.3 Å². The van der Waals surface area contributed by atoms with Gasteiger partial charge in [0.05, 0.1) is 41.1 Å². The smallest absolute Gasteiger partial charge is 0.319 e. The summed E-state index contributed by atoms with van der Waals surface area (Å²) in [5.74, 6) is -2.95. The molecule has 0 saturated carbocycles. The van der Waals surface area contributed by atoms with Crippen molar-refractivity contribution in [2.24, 2.45) is 5.92 Å². The Bertz CT molecular complexity index is 994. The maximum absolute atomic E-state index is 13.0. The van der Waals surface area contributed by atoms with E-state index in [4.69, 9.17) is 9.47 Å². The molecule has 8 nitrogen and oxygen atoms in total. The number of carbonyl (C=O) groups is 3. The summed E-state index contributed by atoms with van der Waals surface area (Å²) >= 11 is 4.50. The molecule has 1 aliphatic heterocycles. The lowest BCUT2D eigenvalue weighted by Gasteiger charge is -2.32. The monoisotopic (exact) mass is 537 g/mol. The first kappa shape index (κ1) is 26.7. The fourth-order valence-corrected chi connectivity index (χ4v) is 5.41. The molecule has 0 fully saturated rings. The predicted molar refractivity (Wildman–Crippen MR) is 129 cm³/mol. The summed E-state index contributed by atoms with van der Waals surface area (Å²) in [6.45, 7) is 7.74. The highest BCUT2D eigenvalue weighted by Crippen LogP contribution is 2.42. The van der Waals surface area contributed by atoms with Crippen LogP contribution in [0.2, 0.25) is 0 Å². The molecule has 0 bridgehead atoms. The number of nitrogens with one attached hydrogen (secondary N) is 1. The van der Waals surface area contributed by atoms with Crippen LogP contribution in [0, 0.1) is 17.2 Å². The molecule has 1 heterocycles. The van der Waals surface area contributed by atoms with E-state index in [1.165, 1.54) is 14.2 Å². The third-order valence-corrected chi connectivity index (χ3v) is 6.88. The zero-order valence-electron chi connectivity index (χ0n) is 19.5. The number of allylic oxidation sites excluding steroid dienone is 1. The number of hydrogen-bond acceptors (Lipinski definition) is 7. The second kappa shape index (κ2) is 11.6. The number of benzene rings is 1. The Balaban J connectivity index is 2.51. The largest absolute Gasteiger partial charge is 0.496 e. The third-order valence-electron chi connectivity index (χ3n) is 5.26. The fourth-order valence-electron chi connectivity index (χ4n) is 3.94. The first-order valence-corrected chi connectivity index (χ1v) is 12.2. The van der Waals surface area contributed by atoms with Gasteiger partial charge in [-0.2, -0.15) is 5.26 Å². The molecule has 1 aromatic rings. The Morgan fingerprint density at radius 1 is 1.24 bits per heavy atom. The summed E-state index contributed by atoms with van der Waals surface area (Å²) in [5, 5.41) is 12.9. The van der Waals surface area contributed by atoms with Crippen molar-refractivity contribution in [2.75, 3.05) is 20.0 Å². The zero-order valence-corrected chi connectivity index (χ0v) is 21.9. The predicted octanol–water partition coefficient (Wildman–Crippen LogP) is 3.57. The second-order valence-corrected chi connectivity index (χ2v) is 9.83. The van der Waals surface area contributed by atoms with Gasteiger partial charge in [-0.15, -0.1) is 0 Å². The first-order valence-electron chi connectivity index (χ1n) is 10.4. The number of methoxy groups -OCH3 is 2. The van der Waals surface area contributed by atoms with E-state index in [1.54, 1.807) is 23.1 Å². The van der Waals surface area contributed by atoms with Gasteiger partial charge in [-0.05, 0) is 61.3 Å². The average Bonchev–Trinajstić information content (AvgIpc) is 2.75. The second-order valence-electron chi connectivity index (χ2n) is 7.99. The van der Waals surface area contributed by atoms with Crippen molar-refractivity contribution >= 4 is 45.5 Å². The van der Waals surface area contributed by atoms with Gasteiger partial charge in [0.2, 0.25) is 11.8 Å². The molecule has 0 aliphatic carbocycles. The molecule has 0 unspecified atom stereocenters. The van der Waals surface area contributed by atoms with Gasteiger partial charge in [-0.1, -0.05) is 17.8 Å². The van der Waals surface area contributed by atoms with Crippen molar-refractivity contribution in [3.63, 3.8) is 0 Å². The minimum atomic E-state index is -1.24. The first-order chi connectivity index (χ1) is 15.6. The number of ether oxygens (including phenoxy) is 2. The van der Waals surface area contributed by atoms with Crippen LogP contribution in [0.1, 0.15) is 39.2 Å². The Morgan fingerprint density at radius 3 is 2.36 bits per heavy atom. The summed E-state index contributed by atoms with van der Waals surface area (Å²) in [4.78, 5) is 40.0. The Morgan fingerprint density at radius 2 is 1.88 bits per heavy atom. The summed E-state index contributed by atoms with van der Waals surface area (Å²) in [6.07, 6.45) is 0. The number of nitrogens with zero attached hydrogens (tertiary/aromatic N) is 2. The van der Waals surface area contributed by atoms with E-state index < -0.39 is 23.7 Å². The molecule has 1 aliphatic rings. The van der Waals surface area contributed by atoms with Gasteiger partial charge in [0.1, 0.15) is 11.7 Å². The van der Waals surface area contributed by atoms with E-state index in [0.717, 1.165) is 11.8 Å². The molecule has 2 amide bonds. The van der Waals surface area contributed by atoms with Gasteiger partial charge in [0.15, 0.2) is 0 Å². The molecule has 10 heteroatoms. The number of hydrogen-bond donors (Lipinski definition) is 1. The molecular formula is C23H28BrN3O5S. The van der Waals surface area contributed by atoms with Gasteiger partial charge in [-0.3, -0.25) is 14.4 Å². The fraction of sp³-hybridized carbons (Fsp3) is 0.478. The highest BCUT2D eigenvalue weighted by atomic mass is 79.9. The molecule has 2 rings (SSSR count). The number of thioether (sulfide) groups is 1. The highest BCUT2D eigenvalue weighted by molar-refractivity contribution is 9.10. The number of carbonyl (C=O) groups excluding carboxylic acids is 3. The van der Waals surface area contributed by atoms with E-state index in [-0.39, 0.29) is 34.3 Å². The van der Waals surface area contributed by atoms with Crippen LogP contribution in [-0.4, -0.2) is 54.7 Å².